The van der Waals surface area contributed by atoms with Gasteiger partial charge < -0.3 is 14.7 Å². The molecule has 0 aliphatic heterocycles. The van der Waals surface area contributed by atoms with Crippen molar-refractivity contribution < 1.29 is 24.3 Å². The van der Waals surface area contributed by atoms with Gasteiger partial charge in [-0.05, 0) is 60.5 Å². The summed E-state index contributed by atoms with van der Waals surface area (Å²) >= 11 is 0. The number of aryl methyl sites for hydroxylation is 1. The molecule has 142 valence electrons. The number of aromatic hydroxyl groups is 1. The fraction of sp³-hybridized carbons (Fsp3) is 0.0909. The fourth-order valence-corrected chi connectivity index (χ4v) is 2.51. The molecular formula is C22H19NO5. The molecule has 3 aromatic carbocycles. The fourth-order valence-electron chi connectivity index (χ4n) is 2.51. The molecule has 3 aromatic rings. The summed E-state index contributed by atoms with van der Waals surface area (Å²) in [5.41, 5.74) is 4.08. The predicted molar refractivity (Wildman–Crippen MR) is 103 cm³/mol. The second-order valence-electron chi connectivity index (χ2n) is 6.15. The Morgan fingerprint density at radius 2 is 1.50 bits per heavy atom. The number of hydroxylamine groups is 1. The monoisotopic (exact) mass is 377 g/mol. The van der Waals surface area contributed by atoms with E-state index in [4.69, 9.17) is 9.57 Å². The summed E-state index contributed by atoms with van der Waals surface area (Å²) in [4.78, 5) is 28.9. The van der Waals surface area contributed by atoms with Crippen molar-refractivity contribution in [3.63, 3.8) is 0 Å². The van der Waals surface area contributed by atoms with Gasteiger partial charge in [0.25, 0.3) is 5.91 Å². The van der Waals surface area contributed by atoms with E-state index in [2.05, 4.69) is 5.48 Å². The van der Waals surface area contributed by atoms with Crippen LogP contribution in [-0.2, 0) is 16.1 Å². The highest BCUT2D eigenvalue weighted by molar-refractivity contribution is 5.92. The van der Waals surface area contributed by atoms with Crippen LogP contribution in [0.15, 0.2) is 72.8 Å². The predicted octanol–water partition coefficient (Wildman–Crippen LogP) is 3.92. The summed E-state index contributed by atoms with van der Waals surface area (Å²) in [6.45, 7) is 1.79. The van der Waals surface area contributed by atoms with E-state index in [-0.39, 0.29) is 12.2 Å². The Hall–Kier alpha value is -3.80. The first-order valence-electron chi connectivity index (χ1n) is 8.63. The average molecular weight is 377 g/mol. The van der Waals surface area contributed by atoms with Crippen molar-refractivity contribution >= 4 is 11.9 Å². The highest BCUT2D eigenvalue weighted by Gasteiger charge is 2.12. The molecule has 0 saturated carbocycles. The van der Waals surface area contributed by atoms with Gasteiger partial charge >= 0.3 is 5.97 Å². The minimum atomic E-state index is -0.607. The summed E-state index contributed by atoms with van der Waals surface area (Å²) in [6, 6.07) is 20.3. The number of ether oxygens (including phenoxy) is 1. The van der Waals surface area contributed by atoms with Gasteiger partial charge in [0.05, 0.1) is 12.0 Å². The summed E-state index contributed by atoms with van der Waals surface area (Å²) in [6.07, 6.45) is 0.0561. The Bertz CT molecular complexity index is 965. The van der Waals surface area contributed by atoms with E-state index in [1.807, 2.05) is 6.07 Å². The molecular weight excluding hydrogens is 358 g/mol. The highest BCUT2D eigenvalue weighted by Crippen LogP contribution is 2.23. The van der Waals surface area contributed by atoms with E-state index >= 15 is 0 Å². The number of rotatable bonds is 5. The van der Waals surface area contributed by atoms with Crippen molar-refractivity contribution in [2.75, 3.05) is 0 Å². The molecule has 0 aliphatic carbocycles. The van der Waals surface area contributed by atoms with E-state index in [0.717, 1.165) is 11.1 Å². The minimum absolute atomic E-state index is 0.0561. The van der Waals surface area contributed by atoms with Crippen LogP contribution in [0.25, 0.3) is 0 Å². The lowest BCUT2D eigenvalue weighted by Crippen LogP contribution is -2.28. The number of carbonyl (C=O) groups is 2. The third kappa shape index (κ3) is 5.11. The topological polar surface area (TPSA) is 84.9 Å². The van der Waals surface area contributed by atoms with Gasteiger partial charge in [0.15, 0.2) is 0 Å². The Morgan fingerprint density at radius 3 is 2.14 bits per heavy atom. The van der Waals surface area contributed by atoms with Crippen LogP contribution in [-0.4, -0.2) is 17.0 Å². The van der Waals surface area contributed by atoms with Crippen LogP contribution in [0.2, 0.25) is 0 Å². The zero-order valence-corrected chi connectivity index (χ0v) is 15.2. The first-order valence-corrected chi connectivity index (χ1v) is 8.63. The van der Waals surface area contributed by atoms with Crippen LogP contribution in [0.4, 0.5) is 0 Å². The molecule has 0 unspecified atom stereocenters. The summed E-state index contributed by atoms with van der Waals surface area (Å²) in [5.74, 6) is 0.308. The SMILES string of the molecule is Cc1ccccc1C(=O)ONC(=O)Cc1ccc(Oc2ccc(O)cc2)cc1. The Morgan fingerprint density at radius 1 is 0.893 bits per heavy atom. The quantitative estimate of drug-likeness (QED) is 0.658. The molecule has 3 rings (SSSR count). The van der Waals surface area contributed by atoms with E-state index in [0.29, 0.717) is 17.1 Å². The number of hydrogen-bond acceptors (Lipinski definition) is 5. The number of phenols is 1. The number of hydrogen-bond donors (Lipinski definition) is 2. The zero-order chi connectivity index (χ0) is 19.9. The molecule has 28 heavy (non-hydrogen) atoms. The molecule has 0 fully saturated rings. The number of carbonyl (C=O) groups excluding carboxylic acids is 2. The first-order chi connectivity index (χ1) is 13.5. The Balaban J connectivity index is 1.51. The third-order valence-electron chi connectivity index (χ3n) is 3.98. The lowest BCUT2D eigenvalue weighted by Gasteiger charge is -2.08. The van der Waals surface area contributed by atoms with Crippen LogP contribution in [0.5, 0.6) is 17.2 Å². The van der Waals surface area contributed by atoms with Crippen molar-refractivity contribution in [1.82, 2.24) is 5.48 Å². The Kier molecular flexibility index (Phi) is 5.91. The smallest absolute Gasteiger partial charge is 0.363 e. The summed E-state index contributed by atoms with van der Waals surface area (Å²) in [5, 5.41) is 9.27. The van der Waals surface area contributed by atoms with E-state index in [9.17, 15) is 14.7 Å². The normalized spacial score (nSPS) is 10.2. The second-order valence-corrected chi connectivity index (χ2v) is 6.15. The average Bonchev–Trinajstić information content (AvgIpc) is 2.70. The maximum Gasteiger partial charge on any atom is 0.363 e. The maximum absolute atomic E-state index is 12.0. The molecule has 0 saturated heterocycles. The molecule has 0 bridgehead atoms. The minimum Gasteiger partial charge on any atom is -0.508 e. The molecule has 2 N–H and O–H groups in total. The van der Waals surface area contributed by atoms with Crippen molar-refractivity contribution in [2.24, 2.45) is 0 Å². The van der Waals surface area contributed by atoms with E-state index in [1.54, 1.807) is 61.5 Å². The number of nitrogens with one attached hydrogen (secondary N) is 1. The van der Waals surface area contributed by atoms with Gasteiger partial charge in [-0.3, -0.25) is 4.79 Å². The molecule has 0 spiro atoms. The maximum atomic E-state index is 12.0. The molecule has 0 aliphatic rings. The lowest BCUT2D eigenvalue weighted by atomic mass is 10.1. The van der Waals surface area contributed by atoms with Crippen molar-refractivity contribution in [2.45, 2.75) is 13.3 Å². The van der Waals surface area contributed by atoms with Gasteiger partial charge in [-0.2, -0.15) is 5.48 Å². The first kappa shape index (κ1) is 19.0. The number of amides is 1. The Labute approximate surface area is 162 Å². The molecule has 0 heterocycles. The van der Waals surface area contributed by atoms with Gasteiger partial charge in [-0.25, -0.2) is 4.79 Å². The van der Waals surface area contributed by atoms with Crippen molar-refractivity contribution in [1.29, 1.82) is 0 Å². The van der Waals surface area contributed by atoms with Gasteiger partial charge in [0.1, 0.15) is 17.2 Å². The van der Waals surface area contributed by atoms with Crippen LogP contribution in [0.3, 0.4) is 0 Å². The van der Waals surface area contributed by atoms with Gasteiger partial charge in [0, 0.05) is 0 Å². The van der Waals surface area contributed by atoms with Crippen LogP contribution in [0.1, 0.15) is 21.5 Å². The number of phenolic OH excluding ortho intramolecular Hbond substituents is 1. The second kappa shape index (κ2) is 8.73. The number of benzene rings is 3. The van der Waals surface area contributed by atoms with Crippen molar-refractivity contribution in [3.8, 4) is 17.2 Å². The molecule has 1 amide bonds. The standard InChI is InChI=1S/C22H19NO5/c1-15-4-2-3-5-20(15)22(26)28-23-21(25)14-16-6-10-18(11-7-16)27-19-12-8-17(24)9-13-19/h2-13,24H,14H2,1H3,(H,23,25). The van der Waals surface area contributed by atoms with Crippen LogP contribution in [0, 0.1) is 6.92 Å². The zero-order valence-electron chi connectivity index (χ0n) is 15.2. The summed E-state index contributed by atoms with van der Waals surface area (Å²) < 4.78 is 5.65. The lowest BCUT2D eigenvalue weighted by molar-refractivity contribution is -0.129. The van der Waals surface area contributed by atoms with Gasteiger partial charge in [0.2, 0.25) is 0 Å². The van der Waals surface area contributed by atoms with Crippen LogP contribution >= 0.6 is 0 Å². The molecule has 6 heteroatoms. The molecule has 0 aromatic heterocycles. The van der Waals surface area contributed by atoms with E-state index in [1.165, 1.54) is 12.1 Å². The van der Waals surface area contributed by atoms with Crippen LogP contribution < -0.4 is 10.2 Å². The highest BCUT2D eigenvalue weighted by atomic mass is 16.7. The molecule has 0 radical (unpaired) electrons. The van der Waals surface area contributed by atoms with Gasteiger partial charge in [-0.15, -0.1) is 0 Å². The van der Waals surface area contributed by atoms with E-state index < -0.39 is 11.9 Å². The molecule has 6 nitrogen and oxygen atoms in total. The third-order valence-corrected chi connectivity index (χ3v) is 3.98. The largest absolute Gasteiger partial charge is 0.508 e. The summed E-state index contributed by atoms with van der Waals surface area (Å²) in [7, 11) is 0. The van der Waals surface area contributed by atoms with Gasteiger partial charge in [-0.1, -0.05) is 30.3 Å². The molecule has 0 atom stereocenters. The van der Waals surface area contributed by atoms with Crippen molar-refractivity contribution in [3.05, 3.63) is 89.5 Å².